The number of rotatable bonds is 6. The number of likely N-dealkylation sites (N-methyl/N-ethyl adjacent to an activating group) is 1. The first-order valence-corrected chi connectivity index (χ1v) is 6.79. The Bertz CT molecular complexity index is 370. The van der Waals surface area contributed by atoms with Gasteiger partial charge in [-0.15, -0.1) is 0 Å². The summed E-state index contributed by atoms with van der Waals surface area (Å²) in [6.07, 6.45) is 3.28. The topological polar surface area (TPSA) is 47.1 Å². The number of nitrogens with zero attached hydrogens (tertiary/aromatic N) is 3. The molecule has 0 saturated carbocycles. The van der Waals surface area contributed by atoms with Crippen LogP contribution in [0.2, 0.25) is 0 Å². The molecule has 4 heteroatoms. The zero-order chi connectivity index (χ0) is 13.9. The van der Waals surface area contributed by atoms with Crippen molar-refractivity contribution in [3.63, 3.8) is 0 Å². The molecular formula is C14H28N4. The van der Waals surface area contributed by atoms with E-state index < -0.39 is 0 Å². The van der Waals surface area contributed by atoms with Crippen molar-refractivity contribution in [2.24, 2.45) is 18.7 Å². The average Bonchev–Trinajstić information content (AvgIpc) is 2.58. The largest absolute Gasteiger partial charge is 0.329 e. The summed E-state index contributed by atoms with van der Waals surface area (Å²) < 4.78 is 1.87. The second kappa shape index (κ2) is 6.34. The van der Waals surface area contributed by atoms with Crippen LogP contribution in [0.4, 0.5) is 0 Å². The number of nitrogens with two attached hydrogens (primary N) is 1. The molecule has 1 rings (SSSR count). The predicted octanol–water partition coefficient (Wildman–Crippen LogP) is 2.09. The summed E-state index contributed by atoms with van der Waals surface area (Å²) in [6.45, 7) is 9.48. The maximum atomic E-state index is 5.97. The molecule has 18 heavy (non-hydrogen) atoms. The van der Waals surface area contributed by atoms with Crippen LogP contribution in [-0.4, -0.2) is 34.3 Å². The molecule has 0 spiro atoms. The Hall–Kier alpha value is -0.870. The lowest BCUT2D eigenvalue weighted by molar-refractivity contribution is 0.168. The van der Waals surface area contributed by atoms with Crippen LogP contribution >= 0.6 is 0 Å². The van der Waals surface area contributed by atoms with Gasteiger partial charge in [0.1, 0.15) is 0 Å². The molecule has 0 aliphatic rings. The van der Waals surface area contributed by atoms with Gasteiger partial charge < -0.3 is 5.73 Å². The van der Waals surface area contributed by atoms with Crippen molar-refractivity contribution < 1.29 is 0 Å². The highest BCUT2D eigenvalue weighted by Gasteiger charge is 2.23. The normalized spacial score (nSPS) is 15.4. The Kier molecular flexibility index (Phi) is 5.35. The van der Waals surface area contributed by atoms with Gasteiger partial charge in [0.2, 0.25) is 0 Å². The van der Waals surface area contributed by atoms with Gasteiger partial charge in [-0.2, -0.15) is 5.10 Å². The minimum absolute atomic E-state index is 0.257. The van der Waals surface area contributed by atoms with E-state index in [9.17, 15) is 0 Å². The highest BCUT2D eigenvalue weighted by Crippen LogP contribution is 2.24. The molecule has 0 amide bonds. The van der Waals surface area contributed by atoms with Gasteiger partial charge in [0, 0.05) is 31.4 Å². The van der Waals surface area contributed by atoms with Crippen LogP contribution in [0.15, 0.2) is 6.20 Å². The van der Waals surface area contributed by atoms with Crippen LogP contribution < -0.4 is 5.73 Å². The quantitative estimate of drug-likeness (QED) is 0.843. The number of aryl methyl sites for hydroxylation is 2. The Morgan fingerprint density at radius 2 is 2.00 bits per heavy atom. The lowest BCUT2D eigenvalue weighted by Crippen LogP contribution is -2.37. The molecule has 0 aromatic carbocycles. The Balaban J connectivity index is 2.86. The van der Waals surface area contributed by atoms with Crippen molar-refractivity contribution in [1.82, 2.24) is 14.7 Å². The Morgan fingerprint density at radius 1 is 1.39 bits per heavy atom. The van der Waals surface area contributed by atoms with Gasteiger partial charge in [-0.05, 0) is 33.2 Å². The van der Waals surface area contributed by atoms with E-state index in [-0.39, 0.29) is 6.04 Å². The minimum Gasteiger partial charge on any atom is -0.329 e. The maximum absolute atomic E-state index is 5.97. The number of hydrogen-bond donors (Lipinski definition) is 1. The van der Waals surface area contributed by atoms with Crippen LogP contribution in [0.5, 0.6) is 0 Å². The molecule has 4 nitrogen and oxygen atoms in total. The van der Waals surface area contributed by atoms with E-state index >= 15 is 0 Å². The predicted molar refractivity (Wildman–Crippen MR) is 76.4 cm³/mol. The third-order valence-electron chi connectivity index (χ3n) is 3.63. The fourth-order valence-electron chi connectivity index (χ4n) is 2.61. The SMILES string of the molecule is Cc1nn(C)cc1C(CN)N(C)C(C)CC(C)C. The van der Waals surface area contributed by atoms with E-state index in [0.717, 1.165) is 5.69 Å². The van der Waals surface area contributed by atoms with E-state index in [1.165, 1.54) is 12.0 Å². The molecule has 104 valence electrons. The summed E-state index contributed by atoms with van der Waals surface area (Å²) >= 11 is 0. The van der Waals surface area contributed by atoms with E-state index in [1.54, 1.807) is 0 Å². The van der Waals surface area contributed by atoms with Crippen molar-refractivity contribution in [2.75, 3.05) is 13.6 Å². The van der Waals surface area contributed by atoms with E-state index in [0.29, 0.717) is 18.5 Å². The summed E-state index contributed by atoms with van der Waals surface area (Å²) in [4.78, 5) is 2.38. The van der Waals surface area contributed by atoms with E-state index in [4.69, 9.17) is 5.73 Å². The fourth-order valence-corrected chi connectivity index (χ4v) is 2.61. The van der Waals surface area contributed by atoms with Crippen molar-refractivity contribution in [3.05, 3.63) is 17.5 Å². The summed E-state index contributed by atoms with van der Waals surface area (Å²) in [7, 11) is 4.12. The first kappa shape index (κ1) is 15.2. The Morgan fingerprint density at radius 3 is 2.39 bits per heavy atom. The maximum Gasteiger partial charge on any atom is 0.0641 e. The van der Waals surface area contributed by atoms with Crippen LogP contribution in [0.1, 0.15) is 44.5 Å². The zero-order valence-electron chi connectivity index (χ0n) is 12.6. The second-order valence-corrected chi connectivity index (χ2v) is 5.74. The molecule has 0 aliphatic heterocycles. The van der Waals surface area contributed by atoms with Crippen LogP contribution in [-0.2, 0) is 7.05 Å². The Labute approximate surface area is 111 Å². The lowest BCUT2D eigenvalue weighted by atomic mass is 10.00. The summed E-state index contributed by atoms with van der Waals surface area (Å²) in [6, 6.07) is 0.783. The molecular weight excluding hydrogens is 224 g/mol. The van der Waals surface area contributed by atoms with Gasteiger partial charge in [0.15, 0.2) is 0 Å². The average molecular weight is 252 g/mol. The molecule has 1 aromatic rings. The van der Waals surface area contributed by atoms with Gasteiger partial charge in [0.05, 0.1) is 11.7 Å². The fraction of sp³-hybridized carbons (Fsp3) is 0.786. The molecule has 0 saturated heterocycles. The highest BCUT2D eigenvalue weighted by molar-refractivity contribution is 5.20. The first-order valence-electron chi connectivity index (χ1n) is 6.79. The summed E-state index contributed by atoms with van der Waals surface area (Å²) in [5, 5.41) is 4.42. The van der Waals surface area contributed by atoms with Crippen LogP contribution in [0, 0.1) is 12.8 Å². The third kappa shape index (κ3) is 3.56. The highest BCUT2D eigenvalue weighted by atomic mass is 15.3. The molecule has 2 unspecified atom stereocenters. The van der Waals surface area contributed by atoms with E-state index in [1.807, 2.05) is 11.7 Å². The van der Waals surface area contributed by atoms with E-state index in [2.05, 4.69) is 50.9 Å². The zero-order valence-corrected chi connectivity index (χ0v) is 12.6. The van der Waals surface area contributed by atoms with Crippen molar-refractivity contribution >= 4 is 0 Å². The molecule has 0 radical (unpaired) electrons. The lowest BCUT2D eigenvalue weighted by Gasteiger charge is -2.33. The summed E-state index contributed by atoms with van der Waals surface area (Å²) in [5.41, 5.74) is 8.30. The molecule has 1 aromatic heterocycles. The van der Waals surface area contributed by atoms with Crippen molar-refractivity contribution in [3.8, 4) is 0 Å². The van der Waals surface area contributed by atoms with Crippen molar-refractivity contribution in [2.45, 2.75) is 46.2 Å². The molecule has 2 atom stereocenters. The monoisotopic (exact) mass is 252 g/mol. The van der Waals surface area contributed by atoms with Gasteiger partial charge in [-0.25, -0.2) is 0 Å². The van der Waals surface area contributed by atoms with Crippen molar-refractivity contribution in [1.29, 1.82) is 0 Å². The van der Waals surface area contributed by atoms with Gasteiger partial charge >= 0.3 is 0 Å². The second-order valence-electron chi connectivity index (χ2n) is 5.74. The van der Waals surface area contributed by atoms with Gasteiger partial charge in [-0.3, -0.25) is 9.58 Å². The molecule has 0 bridgehead atoms. The van der Waals surface area contributed by atoms with Gasteiger partial charge in [0.25, 0.3) is 0 Å². The van der Waals surface area contributed by atoms with Gasteiger partial charge in [-0.1, -0.05) is 13.8 Å². The standard InChI is InChI=1S/C14H28N4/c1-10(2)7-11(3)18(6)14(8-15)13-9-17(5)16-12(13)4/h9-11,14H,7-8,15H2,1-6H3. The van der Waals surface area contributed by atoms with Crippen LogP contribution in [0.3, 0.4) is 0 Å². The third-order valence-corrected chi connectivity index (χ3v) is 3.63. The number of hydrogen-bond acceptors (Lipinski definition) is 3. The molecule has 2 N–H and O–H groups in total. The molecule has 0 aliphatic carbocycles. The minimum atomic E-state index is 0.257. The first-order chi connectivity index (χ1) is 8.36. The number of aromatic nitrogens is 2. The molecule has 0 fully saturated rings. The summed E-state index contributed by atoms with van der Waals surface area (Å²) in [5.74, 6) is 0.705. The molecule has 1 heterocycles. The smallest absolute Gasteiger partial charge is 0.0641 e. The van der Waals surface area contributed by atoms with Crippen LogP contribution in [0.25, 0.3) is 0 Å².